The van der Waals surface area contributed by atoms with Crippen molar-refractivity contribution in [3.05, 3.63) is 38.6 Å². The molecule has 108 valence electrons. The van der Waals surface area contributed by atoms with Crippen LogP contribution in [0.5, 0.6) is 5.75 Å². The van der Waals surface area contributed by atoms with Crippen molar-refractivity contribution in [1.82, 2.24) is 9.78 Å². The summed E-state index contributed by atoms with van der Waals surface area (Å²) in [5.41, 5.74) is 7.74. The lowest BCUT2D eigenvalue weighted by atomic mass is 10.3. The van der Waals surface area contributed by atoms with E-state index in [-0.39, 0.29) is 6.61 Å². The van der Waals surface area contributed by atoms with Crippen molar-refractivity contribution < 1.29 is 4.74 Å². The quantitative estimate of drug-likeness (QED) is 0.856. The average Bonchev–Trinajstić information content (AvgIpc) is 2.64. The van der Waals surface area contributed by atoms with E-state index in [1.165, 1.54) is 0 Å². The van der Waals surface area contributed by atoms with Crippen molar-refractivity contribution in [2.24, 2.45) is 7.05 Å². The predicted molar refractivity (Wildman–Crippen MR) is 82.8 cm³/mol. The van der Waals surface area contributed by atoms with Crippen molar-refractivity contribution in [2.45, 2.75) is 20.0 Å². The highest BCUT2D eigenvalue weighted by atomic mass is 35.5. The van der Waals surface area contributed by atoms with Crippen LogP contribution in [-0.2, 0) is 20.1 Å². The molecule has 0 aliphatic rings. The molecule has 0 fully saturated rings. The van der Waals surface area contributed by atoms with Crippen LogP contribution in [-0.4, -0.2) is 9.78 Å². The second-order valence-electron chi connectivity index (χ2n) is 4.29. The molecule has 4 nitrogen and oxygen atoms in total. The summed E-state index contributed by atoms with van der Waals surface area (Å²) in [5.74, 6) is 0.387. The fourth-order valence-corrected chi connectivity index (χ4v) is 2.80. The second kappa shape index (κ2) is 6.12. The van der Waals surface area contributed by atoms with Gasteiger partial charge in [0.2, 0.25) is 0 Å². The zero-order valence-electron chi connectivity index (χ0n) is 11.1. The number of hydrogen-bond acceptors (Lipinski definition) is 3. The van der Waals surface area contributed by atoms with Crippen LogP contribution < -0.4 is 10.5 Å². The smallest absolute Gasteiger partial charge is 0.157 e. The van der Waals surface area contributed by atoms with Crippen LogP contribution in [0.2, 0.25) is 15.1 Å². The highest BCUT2D eigenvalue weighted by Crippen LogP contribution is 2.36. The summed E-state index contributed by atoms with van der Waals surface area (Å²) in [4.78, 5) is 0. The van der Waals surface area contributed by atoms with Gasteiger partial charge in [0.25, 0.3) is 0 Å². The molecule has 0 saturated carbocycles. The Kier molecular flexibility index (Phi) is 4.68. The Morgan fingerprint density at radius 1 is 1.25 bits per heavy atom. The second-order valence-corrected chi connectivity index (χ2v) is 5.48. The van der Waals surface area contributed by atoms with Gasteiger partial charge in [-0.05, 0) is 18.6 Å². The Bertz CT molecular complexity index is 617. The summed E-state index contributed by atoms with van der Waals surface area (Å²) in [6.45, 7) is 2.22. The molecule has 1 aromatic heterocycles. The molecule has 0 radical (unpaired) electrons. The molecule has 0 bridgehead atoms. The van der Waals surface area contributed by atoms with Gasteiger partial charge in [-0.1, -0.05) is 41.7 Å². The number of benzene rings is 1. The number of nitrogen functional groups attached to an aromatic ring is 1. The number of halogens is 3. The summed E-state index contributed by atoms with van der Waals surface area (Å²) in [7, 11) is 1.82. The van der Waals surface area contributed by atoms with E-state index >= 15 is 0 Å². The molecule has 20 heavy (non-hydrogen) atoms. The number of ether oxygens (including phenoxy) is 1. The molecule has 0 spiro atoms. The first kappa shape index (κ1) is 15.3. The van der Waals surface area contributed by atoms with E-state index in [0.29, 0.717) is 26.5 Å². The molecule has 0 aliphatic heterocycles. The largest absolute Gasteiger partial charge is 0.484 e. The van der Waals surface area contributed by atoms with E-state index in [4.69, 9.17) is 45.3 Å². The van der Waals surface area contributed by atoms with Crippen LogP contribution in [0.3, 0.4) is 0 Å². The van der Waals surface area contributed by atoms with Crippen molar-refractivity contribution in [3.63, 3.8) is 0 Å². The molecule has 2 rings (SSSR count). The van der Waals surface area contributed by atoms with Crippen molar-refractivity contribution in [2.75, 3.05) is 5.73 Å². The predicted octanol–water partition coefficient (Wildman–Crippen LogP) is 4.10. The van der Waals surface area contributed by atoms with Gasteiger partial charge in [0, 0.05) is 12.7 Å². The Hall–Kier alpha value is -1.10. The van der Waals surface area contributed by atoms with Gasteiger partial charge < -0.3 is 10.5 Å². The Balaban J connectivity index is 2.24. The maximum Gasteiger partial charge on any atom is 0.157 e. The Morgan fingerprint density at radius 3 is 2.35 bits per heavy atom. The van der Waals surface area contributed by atoms with Crippen LogP contribution >= 0.6 is 34.8 Å². The fraction of sp³-hybridized carbons (Fsp3) is 0.308. The minimum Gasteiger partial charge on any atom is -0.484 e. The fourth-order valence-electron chi connectivity index (χ4n) is 1.83. The molecule has 2 N–H and O–H groups in total. The molecule has 0 atom stereocenters. The molecule has 1 aromatic carbocycles. The van der Waals surface area contributed by atoms with Crippen molar-refractivity contribution >= 4 is 40.5 Å². The van der Waals surface area contributed by atoms with Crippen LogP contribution in [0.4, 0.5) is 5.69 Å². The van der Waals surface area contributed by atoms with Gasteiger partial charge in [0.1, 0.15) is 6.61 Å². The molecule has 7 heteroatoms. The number of nitrogens with zero attached hydrogens (tertiary/aromatic N) is 2. The lowest BCUT2D eigenvalue weighted by Crippen LogP contribution is -2.04. The average molecular weight is 335 g/mol. The molecule has 0 unspecified atom stereocenters. The number of aromatic nitrogens is 2. The monoisotopic (exact) mass is 333 g/mol. The van der Waals surface area contributed by atoms with Gasteiger partial charge >= 0.3 is 0 Å². The molecular formula is C13H14Cl3N3O. The lowest BCUT2D eigenvalue weighted by Gasteiger charge is -2.11. The topological polar surface area (TPSA) is 53.1 Å². The summed E-state index contributed by atoms with van der Waals surface area (Å²) >= 11 is 18.4. The number of aryl methyl sites for hydroxylation is 2. The summed E-state index contributed by atoms with van der Waals surface area (Å²) in [6.07, 6.45) is 0.760. The molecule has 0 amide bonds. The molecule has 2 aromatic rings. The van der Waals surface area contributed by atoms with Gasteiger partial charge in [0.15, 0.2) is 5.75 Å². The summed E-state index contributed by atoms with van der Waals surface area (Å²) in [5, 5.41) is 5.66. The van der Waals surface area contributed by atoms with Gasteiger partial charge in [-0.15, -0.1) is 0 Å². The minimum absolute atomic E-state index is 0.228. The van der Waals surface area contributed by atoms with Crippen LogP contribution in [0.25, 0.3) is 0 Å². The number of nitrogens with two attached hydrogens (primary N) is 1. The zero-order valence-corrected chi connectivity index (χ0v) is 13.4. The number of rotatable bonds is 4. The van der Waals surface area contributed by atoms with Crippen LogP contribution in [0, 0.1) is 0 Å². The van der Waals surface area contributed by atoms with Crippen LogP contribution in [0.1, 0.15) is 18.3 Å². The first-order valence-electron chi connectivity index (χ1n) is 6.01. The van der Waals surface area contributed by atoms with E-state index in [2.05, 4.69) is 5.10 Å². The number of hydrogen-bond donors (Lipinski definition) is 1. The summed E-state index contributed by atoms with van der Waals surface area (Å²) in [6, 6.07) is 3.18. The van der Waals surface area contributed by atoms with Gasteiger partial charge in [0.05, 0.1) is 26.5 Å². The van der Waals surface area contributed by atoms with Gasteiger partial charge in [-0.2, -0.15) is 5.10 Å². The maximum absolute atomic E-state index is 6.25. The first-order valence-corrected chi connectivity index (χ1v) is 7.15. The van der Waals surface area contributed by atoms with Crippen LogP contribution in [0.15, 0.2) is 12.1 Å². The van der Waals surface area contributed by atoms with Crippen molar-refractivity contribution in [1.29, 1.82) is 0 Å². The van der Waals surface area contributed by atoms with E-state index in [1.807, 2.05) is 14.0 Å². The van der Waals surface area contributed by atoms with E-state index in [1.54, 1.807) is 16.8 Å². The number of anilines is 1. The van der Waals surface area contributed by atoms with E-state index < -0.39 is 0 Å². The zero-order chi connectivity index (χ0) is 14.9. The highest BCUT2D eigenvalue weighted by Gasteiger charge is 2.15. The SMILES string of the molecule is CCc1nn(C)c(COc2c(Cl)cc(N)cc2Cl)c1Cl. The highest BCUT2D eigenvalue weighted by molar-refractivity contribution is 6.37. The summed E-state index contributed by atoms with van der Waals surface area (Å²) < 4.78 is 7.36. The van der Waals surface area contributed by atoms with E-state index in [0.717, 1.165) is 17.8 Å². The first-order chi connectivity index (χ1) is 9.43. The molecule has 1 heterocycles. The standard InChI is InChI=1S/C13H14Cl3N3O/c1-3-10-12(16)11(19(2)18-10)6-20-13-8(14)4-7(17)5-9(13)15/h4-5H,3,6,17H2,1-2H3. The Labute approximate surface area is 132 Å². The molecular weight excluding hydrogens is 321 g/mol. The Morgan fingerprint density at radius 2 is 1.85 bits per heavy atom. The molecule has 0 saturated heterocycles. The minimum atomic E-state index is 0.228. The van der Waals surface area contributed by atoms with Gasteiger partial charge in [-0.3, -0.25) is 4.68 Å². The molecule has 0 aliphatic carbocycles. The third-order valence-corrected chi connectivity index (χ3v) is 3.87. The normalized spacial score (nSPS) is 10.8. The van der Waals surface area contributed by atoms with Gasteiger partial charge in [-0.25, -0.2) is 0 Å². The third kappa shape index (κ3) is 2.97. The van der Waals surface area contributed by atoms with Crippen molar-refractivity contribution in [3.8, 4) is 5.75 Å². The lowest BCUT2D eigenvalue weighted by molar-refractivity contribution is 0.295. The third-order valence-electron chi connectivity index (χ3n) is 2.88. The maximum atomic E-state index is 6.25. The van der Waals surface area contributed by atoms with E-state index in [9.17, 15) is 0 Å².